The topological polar surface area (TPSA) is 146 Å². The maximum atomic E-state index is 12.9. The van der Waals surface area contributed by atoms with Crippen LogP contribution < -0.4 is 10.6 Å². The van der Waals surface area contributed by atoms with Crippen LogP contribution in [0.3, 0.4) is 0 Å². The number of carbonyl (C=O) groups excluding carboxylic acids is 2. The van der Waals surface area contributed by atoms with Crippen LogP contribution in [0, 0.1) is 0 Å². The van der Waals surface area contributed by atoms with Gasteiger partial charge in [-0.2, -0.15) is 0 Å². The molecule has 0 bridgehead atoms. The molecule has 2 atom stereocenters. The van der Waals surface area contributed by atoms with Crippen LogP contribution in [0.25, 0.3) is 0 Å². The van der Waals surface area contributed by atoms with Crippen molar-refractivity contribution in [3.63, 3.8) is 0 Å². The molecular weight excluding hydrogens is 566 g/mol. The zero-order valence-corrected chi connectivity index (χ0v) is 26.4. The summed E-state index contributed by atoms with van der Waals surface area (Å²) in [5.74, 6) is 0.624. The van der Waals surface area contributed by atoms with E-state index in [1.54, 1.807) is 46.1 Å². The predicted octanol–water partition coefficient (Wildman–Crippen LogP) is 4.84. The highest BCUT2D eigenvalue weighted by Crippen LogP contribution is 2.21. The summed E-state index contributed by atoms with van der Waals surface area (Å²) in [6, 6.07) is 17.6. The number of hydrogen-bond acceptors (Lipinski definition) is 9. The molecule has 0 unspecified atom stereocenters. The number of ether oxygens (including phenoxy) is 4. The van der Waals surface area contributed by atoms with Gasteiger partial charge in [0, 0.05) is 6.54 Å². The predicted molar refractivity (Wildman–Crippen MR) is 164 cm³/mol. The number of aliphatic hydroxyl groups is 1. The third-order valence-electron chi connectivity index (χ3n) is 5.93. The van der Waals surface area contributed by atoms with Gasteiger partial charge in [-0.3, -0.25) is 0 Å². The minimum absolute atomic E-state index is 0.0341. The molecule has 2 amide bonds. The van der Waals surface area contributed by atoms with Crippen LogP contribution in [0.5, 0.6) is 0 Å². The number of hydrogen-bond donors (Lipinski definition) is 3. The van der Waals surface area contributed by atoms with Gasteiger partial charge in [0.05, 0.1) is 33.0 Å². The van der Waals surface area contributed by atoms with Gasteiger partial charge in [-0.15, -0.1) is 10.2 Å². The SMILES string of the molecule is CC(C)(C)OC(=O)N[C@H](COCc1ccccc1)c1nnc([C@@H](COCc2ccccc2)NC(=O)OC(C)(C)C)n1CCO. The van der Waals surface area contributed by atoms with Crippen molar-refractivity contribution in [3.05, 3.63) is 83.4 Å². The molecule has 2 aromatic carbocycles. The Morgan fingerprint density at radius 1 is 0.727 bits per heavy atom. The minimum atomic E-state index is -0.797. The standard InChI is InChI=1S/C32H45N5O7/c1-31(2,3)43-29(39)33-25(21-41-19-23-13-9-7-10-14-23)27-35-36-28(37(27)17-18-38)26(34-30(40)44-32(4,5)6)22-42-20-24-15-11-8-12-16-24/h7-16,25-26,38H,17-22H2,1-6H3,(H,33,39)(H,34,40)/t25-,26-/m1/s1. The fraction of sp³-hybridized carbons (Fsp3) is 0.500. The molecule has 3 N–H and O–H groups in total. The number of alkyl carbamates (subject to hydrolysis) is 2. The van der Waals surface area contributed by atoms with Crippen molar-refractivity contribution in [1.29, 1.82) is 0 Å². The molecule has 0 aliphatic rings. The first-order valence-electron chi connectivity index (χ1n) is 14.6. The zero-order chi connectivity index (χ0) is 32.2. The molecule has 0 saturated carbocycles. The van der Waals surface area contributed by atoms with Crippen LogP contribution in [0.4, 0.5) is 9.59 Å². The Balaban J connectivity index is 1.90. The molecule has 12 heteroatoms. The van der Waals surface area contributed by atoms with E-state index < -0.39 is 35.5 Å². The average molecular weight is 612 g/mol. The number of aliphatic hydroxyl groups excluding tert-OH is 1. The lowest BCUT2D eigenvalue weighted by Crippen LogP contribution is -2.39. The molecule has 0 saturated heterocycles. The number of carbonyl (C=O) groups is 2. The molecule has 240 valence electrons. The van der Waals surface area contributed by atoms with Gasteiger partial charge in [0.25, 0.3) is 0 Å². The first-order valence-corrected chi connectivity index (χ1v) is 14.6. The van der Waals surface area contributed by atoms with E-state index >= 15 is 0 Å². The van der Waals surface area contributed by atoms with Crippen molar-refractivity contribution in [2.45, 2.75) is 84.6 Å². The fourth-order valence-corrected chi connectivity index (χ4v) is 4.17. The van der Waals surface area contributed by atoms with Gasteiger partial charge >= 0.3 is 12.2 Å². The Labute approximate surface area is 259 Å². The molecule has 44 heavy (non-hydrogen) atoms. The van der Waals surface area contributed by atoms with Crippen molar-refractivity contribution in [3.8, 4) is 0 Å². The number of rotatable bonds is 14. The number of aromatic nitrogens is 3. The summed E-state index contributed by atoms with van der Waals surface area (Å²) in [4.78, 5) is 25.7. The zero-order valence-electron chi connectivity index (χ0n) is 26.4. The number of nitrogens with one attached hydrogen (secondary N) is 2. The monoisotopic (exact) mass is 611 g/mol. The van der Waals surface area contributed by atoms with E-state index in [1.165, 1.54) is 0 Å². The molecule has 3 aromatic rings. The highest BCUT2D eigenvalue weighted by atomic mass is 16.6. The van der Waals surface area contributed by atoms with Crippen molar-refractivity contribution < 1.29 is 33.6 Å². The number of amides is 2. The molecule has 0 aliphatic heterocycles. The summed E-state index contributed by atoms with van der Waals surface area (Å²) in [6.45, 7) is 11.1. The van der Waals surface area contributed by atoms with E-state index in [2.05, 4.69) is 20.8 Å². The molecule has 0 fully saturated rings. The number of benzene rings is 2. The smallest absolute Gasteiger partial charge is 0.408 e. The molecule has 0 radical (unpaired) electrons. The van der Waals surface area contributed by atoms with Gasteiger partial charge < -0.3 is 39.3 Å². The average Bonchev–Trinajstić information content (AvgIpc) is 3.35. The van der Waals surface area contributed by atoms with E-state index in [0.29, 0.717) is 24.9 Å². The second kappa shape index (κ2) is 16.2. The van der Waals surface area contributed by atoms with Crippen molar-refractivity contribution >= 4 is 12.2 Å². The second-order valence-electron chi connectivity index (χ2n) is 12.2. The Kier molecular flexibility index (Phi) is 12.7. The van der Waals surface area contributed by atoms with Crippen LogP contribution in [0.15, 0.2) is 60.7 Å². The number of nitrogens with zero attached hydrogens (tertiary/aromatic N) is 3. The molecule has 3 rings (SSSR count). The Bertz CT molecular complexity index is 1210. The van der Waals surface area contributed by atoms with Crippen molar-refractivity contribution in [2.24, 2.45) is 0 Å². The molecular formula is C32H45N5O7. The quantitative estimate of drug-likeness (QED) is 0.233. The van der Waals surface area contributed by atoms with Gasteiger partial charge in [0.2, 0.25) is 0 Å². The van der Waals surface area contributed by atoms with Crippen LogP contribution in [-0.4, -0.2) is 63.1 Å². The van der Waals surface area contributed by atoms with Crippen LogP contribution in [0.2, 0.25) is 0 Å². The summed E-state index contributed by atoms with van der Waals surface area (Å²) < 4.78 is 24.6. The van der Waals surface area contributed by atoms with Crippen LogP contribution in [-0.2, 0) is 38.7 Å². The van der Waals surface area contributed by atoms with E-state index in [0.717, 1.165) is 11.1 Å². The Hall–Kier alpha value is -4.00. The van der Waals surface area contributed by atoms with Crippen LogP contribution >= 0.6 is 0 Å². The van der Waals surface area contributed by atoms with E-state index in [-0.39, 0.29) is 26.4 Å². The summed E-state index contributed by atoms with van der Waals surface area (Å²) >= 11 is 0. The highest BCUT2D eigenvalue weighted by molar-refractivity contribution is 5.68. The summed E-state index contributed by atoms with van der Waals surface area (Å²) in [7, 11) is 0. The molecule has 0 aliphatic carbocycles. The lowest BCUT2D eigenvalue weighted by molar-refractivity contribution is 0.0415. The lowest BCUT2D eigenvalue weighted by atomic mass is 10.2. The van der Waals surface area contributed by atoms with Crippen molar-refractivity contribution in [1.82, 2.24) is 25.4 Å². The molecule has 1 heterocycles. The molecule has 0 spiro atoms. The van der Waals surface area contributed by atoms with Gasteiger partial charge in [0.1, 0.15) is 23.3 Å². The van der Waals surface area contributed by atoms with E-state index in [1.807, 2.05) is 60.7 Å². The van der Waals surface area contributed by atoms with Crippen LogP contribution in [0.1, 0.15) is 76.4 Å². The Morgan fingerprint density at radius 2 is 1.11 bits per heavy atom. The van der Waals surface area contributed by atoms with Gasteiger partial charge in [-0.1, -0.05) is 60.7 Å². The summed E-state index contributed by atoms with van der Waals surface area (Å²) in [6.07, 6.45) is -1.33. The third-order valence-corrected chi connectivity index (χ3v) is 5.93. The van der Waals surface area contributed by atoms with E-state index in [4.69, 9.17) is 18.9 Å². The third kappa shape index (κ3) is 11.9. The largest absolute Gasteiger partial charge is 0.444 e. The fourth-order valence-electron chi connectivity index (χ4n) is 4.17. The van der Waals surface area contributed by atoms with Gasteiger partial charge in [-0.05, 0) is 52.7 Å². The minimum Gasteiger partial charge on any atom is -0.444 e. The second-order valence-corrected chi connectivity index (χ2v) is 12.2. The highest BCUT2D eigenvalue weighted by Gasteiger charge is 2.30. The molecule has 12 nitrogen and oxygen atoms in total. The van der Waals surface area contributed by atoms with Gasteiger partial charge in [-0.25, -0.2) is 9.59 Å². The molecule has 1 aromatic heterocycles. The van der Waals surface area contributed by atoms with Crippen molar-refractivity contribution in [2.75, 3.05) is 19.8 Å². The Morgan fingerprint density at radius 3 is 1.45 bits per heavy atom. The van der Waals surface area contributed by atoms with Gasteiger partial charge in [0.15, 0.2) is 11.6 Å². The first-order chi connectivity index (χ1) is 20.8. The van der Waals surface area contributed by atoms with E-state index in [9.17, 15) is 14.7 Å². The summed E-state index contributed by atoms with van der Waals surface area (Å²) in [5.41, 5.74) is 0.445. The lowest BCUT2D eigenvalue weighted by Gasteiger charge is -2.25. The summed E-state index contributed by atoms with van der Waals surface area (Å²) in [5, 5.41) is 24.4. The maximum absolute atomic E-state index is 12.9. The first kappa shape index (κ1) is 34.5. The maximum Gasteiger partial charge on any atom is 0.408 e. The normalized spacial score (nSPS) is 13.2.